The highest BCUT2D eigenvalue weighted by atomic mass is 16.6. The van der Waals surface area contributed by atoms with E-state index in [1.165, 1.54) is 7.11 Å². The van der Waals surface area contributed by atoms with Gasteiger partial charge in [-0.25, -0.2) is 0 Å². The Balaban J connectivity index is 2.38. The maximum atomic E-state index is 12.3. The van der Waals surface area contributed by atoms with Gasteiger partial charge in [0.25, 0.3) is 0 Å². The summed E-state index contributed by atoms with van der Waals surface area (Å²) in [6.07, 6.45) is 1.87. The molecule has 2 rings (SSSR count). The fourth-order valence-corrected chi connectivity index (χ4v) is 3.34. The van der Waals surface area contributed by atoms with Crippen molar-refractivity contribution in [3.05, 3.63) is 0 Å². The van der Waals surface area contributed by atoms with Crippen molar-refractivity contribution in [2.75, 3.05) is 7.11 Å². The first kappa shape index (κ1) is 13.5. The van der Waals surface area contributed by atoms with Crippen LogP contribution in [-0.2, 0) is 19.1 Å². The summed E-state index contributed by atoms with van der Waals surface area (Å²) >= 11 is 0. The van der Waals surface area contributed by atoms with Crippen LogP contribution in [0.1, 0.15) is 47.0 Å². The smallest absolute Gasteiger partial charge is 0.319 e. The molecular weight excluding hydrogens is 232 g/mol. The second-order valence-corrected chi connectivity index (χ2v) is 6.76. The molecule has 3 atom stereocenters. The summed E-state index contributed by atoms with van der Waals surface area (Å²) in [5.74, 6) is -1.27. The van der Waals surface area contributed by atoms with Crippen molar-refractivity contribution in [2.45, 2.75) is 58.2 Å². The zero-order valence-corrected chi connectivity index (χ0v) is 11.8. The van der Waals surface area contributed by atoms with Crippen molar-refractivity contribution >= 4 is 11.8 Å². The van der Waals surface area contributed by atoms with E-state index in [9.17, 15) is 9.59 Å². The summed E-state index contributed by atoms with van der Waals surface area (Å²) in [5, 5.41) is 0. The highest BCUT2D eigenvalue weighted by Crippen LogP contribution is 2.56. The van der Waals surface area contributed by atoms with Crippen molar-refractivity contribution in [3.8, 4) is 0 Å². The molecule has 2 bridgehead atoms. The standard InChI is InChI=1S/C14H22O4/c1-12(2,3)14-7-6-13(4,18-14)10(9(15)8-14)11(16)17-5/h10H,6-8H2,1-5H3/t10-,13+,14-/m0/s1. The van der Waals surface area contributed by atoms with Crippen molar-refractivity contribution in [1.29, 1.82) is 0 Å². The van der Waals surface area contributed by atoms with E-state index in [1.807, 2.05) is 6.92 Å². The van der Waals surface area contributed by atoms with Crippen molar-refractivity contribution in [2.24, 2.45) is 11.3 Å². The predicted molar refractivity (Wildman–Crippen MR) is 66.0 cm³/mol. The lowest BCUT2D eigenvalue weighted by Gasteiger charge is -2.47. The molecule has 0 unspecified atom stereocenters. The Labute approximate surface area is 108 Å². The molecule has 2 heterocycles. The Morgan fingerprint density at radius 1 is 1.39 bits per heavy atom. The maximum absolute atomic E-state index is 12.3. The van der Waals surface area contributed by atoms with Gasteiger partial charge in [-0.3, -0.25) is 9.59 Å². The third-order valence-electron chi connectivity index (χ3n) is 4.65. The van der Waals surface area contributed by atoms with E-state index in [0.717, 1.165) is 12.8 Å². The number of carbonyl (C=O) groups excluding carboxylic acids is 2. The summed E-state index contributed by atoms with van der Waals surface area (Å²) in [5.41, 5.74) is -1.24. The van der Waals surface area contributed by atoms with Crippen LogP contribution in [0.3, 0.4) is 0 Å². The highest BCUT2D eigenvalue weighted by molar-refractivity contribution is 6.01. The quantitative estimate of drug-likeness (QED) is 0.531. The zero-order valence-electron chi connectivity index (χ0n) is 11.8. The van der Waals surface area contributed by atoms with Crippen LogP contribution in [-0.4, -0.2) is 30.1 Å². The maximum Gasteiger partial charge on any atom is 0.319 e. The topological polar surface area (TPSA) is 52.6 Å². The number of hydrogen-bond donors (Lipinski definition) is 0. The third kappa shape index (κ3) is 1.69. The predicted octanol–water partition coefficient (Wildman–Crippen LogP) is 2.10. The molecule has 4 heteroatoms. The van der Waals surface area contributed by atoms with Crippen molar-refractivity contribution in [1.82, 2.24) is 0 Å². The van der Waals surface area contributed by atoms with Gasteiger partial charge < -0.3 is 9.47 Å². The second-order valence-electron chi connectivity index (χ2n) is 6.76. The molecule has 0 spiro atoms. The van der Waals surface area contributed by atoms with Gasteiger partial charge in [0.2, 0.25) is 0 Å². The van der Waals surface area contributed by atoms with Gasteiger partial charge in [0, 0.05) is 6.42 Å². The molecule has 0 amide bonds. The van der Waals surface area contributed by atoms with Crippen LogP contribution < -0.4 is 0 Å². The number of ketones is 1. The van der Waals surface area contributed by atoms with Crippen LogP contribution in [0, 0.1) is 11.3 Å². The molecule has 2 saturated heterocycles. The molecule has 0 aliphatic carbocycles. The normalized spacial score (nSPS) is 39.8. The molecule has 18 heavy (non-hydrogen) atoms. The average Bonchev–Trinajstić information content (AvgIpc) is 2.51. The van der Waals surface area contributed by atoms with E-state index in [4.69, 9.17) is 9.47 Å². The minimum absolute atomic E-state index is 0.0389. The van der Waals surface area contributed by atoms with Crippen LogP contribution in [0.5, 0.6) is 0 Å². The van der Waals surface area contributed by atoms with Crippen LogP contribution in [0.15, 0.2) is 0 Å². The van der Waals surface area contributed by atoms with Gasteiger partial charge in [0.05, 0.1) is 18.3 Å². The molecular formula is C14H22O4. The van der Waals surface area contributed by atoms with Gasteiger partial charge >= 0.3 is 5.97 Å². The fourth-order valence-electron chi connectivity index (χ4n) is 3.34. The molecule has 0 aromatic heterocycles. The van der Waals surface area contributed by atoms with E-state index >= 15 is 0 Å². The zero-order chi connectivity index (χ0) is 13.8. The fraction of sp³-hybridized carbons (Fsp3) is 0.857. The van der Waals surface area contributed by atoms with Crippen LogP contribution in [0.4, 0.5) is 0 Å². The molecule has 0 aromatic rings. The number of methoxy groups -OCH3 is 1. The van der Waals surface area contributed by atoms with Gasteiger partial charge in [-0.2, -0.15) is 0 Å². The third-order valence-corrected chi connectivity index (χ3v) is 4.65. The number of esters is 1. The van der Waals surface area contributed by atoms with E-state index in [2.05, 4.69) is 20.8 Å². The minimum atomic E-state index is -0.763. The number of hydrogen-bond acceptors (Lipinski definition) is 4. The lowest BCUT2D eigenvalue weighted by atomic mass is 9.71. The summed E-state index contributed by atoms with van der Waals surface area (Å²) in [7, 11) is 1.32. The van der Waals surface area contributed by atoms with E-state index in [-0.39, 0.29) is 11.2 Å². The minimum Gasteiger partial charge on any atom is -0.468 e. The van der Waals surface area contributed by atoms with Gasteiger partial charge in [-0.1, -0.05) is 20.8 Å². The van der Waals surface area contributed by atoms with Gasteiger partial charge in [-0.15, -0.1) is 0 Å². The molecule has 0 N–H and O–H groups in total. The van der Waals surface area contributed by atoms with Crippen molar-refractivity contribution < 1.29 is 19.1 Å². The van der Waals surface area contributed by atoms with E-state index in [1.54, 1.807) is 0 Å². The molecule has 0 saturated carbocycles. The van der Waals surface area contributed by atoms with E-state index < -0.39 is 23.1 Å². The molecule has 102 valence electrons. The monoisotopic (exact) mass is 254 g/mol. The number of rotatable bonds is 1. The molecule has 2 fully saturated rings. The first-order valence-electron chi connectivity index (χ1n) is 6.46. The van der Waals surface area contributed by atoms with Crippen molar-refractivity contribution in [3.63, 3.8) is 0 Å². The summed E-state index contributed by atoms with van der Waals surface area (Å²) in [6, 6.07) is 0. The van der Waals surface area contributed by atoms with Crippen LogP contribution >= 0.6 is 0 Å². The number of ether oxygens (including phenoxy) is 2. The van der Waals surface area contributed by atoms with E-state index in [0.29, 0.717) is 6.42 Å². The average molecular weight is 254 g/mol. The van der Waals surface area contributed by atoms with Gasteiger partial charge in [-0.05, 0) is 25.2 Å². The highest BCUT2D eigenvalue weighted by Gasteiger charge is 2.64. The van der Waals surface area contributed by atoms with Crippen LogP contribution in [0.25, 0.3) is 0 Å². The van der Waals surface area contributed by atoms with Gasteiger partial charge in [0.1, 0.15) is 5.92 Å². The Kier molecular flexibility index (Phi) is 2.85. The molecule has 2 aliphatic rings. The Morgan fingerprint density at radius 3 is 2.50 bits per heavy atom. The SMILES string of the molecule is COC(=O)[C@@H]1C(=O)C[C@]2(C(C)(C)C)CC[C@@]1(C)O2. The molecule has 2 aliphatic heterocycles. The Bertz CT molecular complexity index is 395. The molecule has 0 aromatic carbocycles. The number of carbonyl (C=O) groups is 2. The van der Waals surface area contributed by atoms with Gasteiger partial charge in [0.15, 0.2) is 5.78 Å². The number of Topliss-reactive ketones (excluding diaryl/α,β-unsaturated/α-hetero) is 1. The lowest BCUT2D eigenvalue weighted by molar-refractivity contribution is -0.206. The second kappa shape index (κ2) is 3.80. The number of fused-ring (bicyclic) bond motifs is 2. The first-order chi connectivity index (χ1) is 8.15. The first-order valence-corrected chi connectivity index (χ1v) is 6.46. The Morgan fingerprint density at radius 2 is 2.00 bits per heavy atom. The Hall–Kier alpha value is -0.900. The molecule has 4 nitrogen and oxygen atoms in total. The largest absolute Gasteiger partial charge is 0.468 e. The molecule has 0 radical (unpaired) electrons. The van der Waals surface area contributed by atoms with Crippen LogP contribution in [0.2, 0.25) is 0 Å². The summed E-state index contributed by atoms with van der Waals surface area (Å²) in [4.78, 5) is 24.1. The summed E-state index contributed by atoms with van der Waals surface area (Å²) < 4.78 is 11.0. The lowest BCUT2D eigenvalue weighted by Crippen LogP contribution is -2.57. The summed E-state index contributed by atoms with van der Waals surface area (Å²) in [6.45, 7) is 8.12.